The highest BCUT2D eigenvalue weighted by molar-refractivity contribution is 5.27. The van der Waals surface area contributed by atoms with E-state index in [1.165, 1.54) is 11.1 Å². The maximum Gasteiger partial charge on any atom is 0.0631 e. The fourth-order valence-corrected chi connectivity index (χ4v) is 2.29. The van der Waals surface area contributed by atoms with E-state index in [0.717, 1.165) is 12.1 Å². The first kappa shape index (κ1) is 13.8. The molecule has 1 aromatic heterocycles. The lowest BCUT2D eigenvalue weighted by atomic mass is 9.93. The molecule has 0 spiro atoms. The second-order valence-electron chi connectivity index (χ2n) is 5.43. The van der Waals surface area contributed by atoms with E-state index < -0.39 is 0 Å². The largest absolute Gasteiger partial charge is 0.330 e. The molecule has 0 fully saturated rings. The van der Waals surface area contributed by atoms with Crippen LogP contribution in [-0.2, 0) is 6.42 Å². The van der Waals surface area contributed by atoms with Crippen LogP contribution in [0, 0.1) is 6.92 Å². The van der Waals surface area contributed by atoms with Crippen molar-refractivity contribution < 1.29 is 0 Å². The van der Waals surface area contributed by atoms with Gasteiger partial charge >= 0.3 is 0 Å². The molecule has 0 saturated carbocycles. The predicted octanol–water partition coefficient (Wildman–Crippen LogP) is 3.06. The number of aryl methyl sites for hydroxylation is 1. The van der Waals surface area contributed by atoms with Gasteiger partial charge in [0.25, 0.3) is 0 Å². The predicted molar refractivity (Wildman–Crippen MR) is 79.3 cm³/mol. The minimum Gasteiger partial charge on any atom is -0.330 e. The van der Waals surface area contributed by atoms with Gasteiger partial charge in [-0.2, -0.15) is 5.10 Å². The Morgan fingerprint density at radius 3 is 2.63 bits per heavy atom. The van der Waals surface area contributed by atoms with Crippen molar-refractivity contribution in [3.8, 4) is 0 Å². The molecule has 1 atom stereocenters. The maximum atomic E-state index is 5.93. The summed E-state index contributed by atoms with van der Waals surface area (Å²) >= 11 is 0. The van der Waals surface area contributed by atoms with E-state index in [1.54, 1.807) is 0 Å². The number of benzene rings is 1. The van der Waals surface area contributed by atoms with E-state index in [1.807, 2.05) is 10.9 Å². The lowest BCUT2D eigenvalue weighted by Crippen LogP contribution is -2.15. The first-order chi connectivity index (χ1) is 9.10. The Balaban J connectivity index is 2.14. The number of nitrogens with two attached hydrogens (primary N) is 1. The van der Waals surface area contributed by atoms with Gasteiger partial charge in [0.15, 0.2) is 0 Å². The minimum absolute atomic E-state index is 0.343. The first-order valence-corrected chi connectivity index (χ1v) is 6.91. The molecular weight excluding hydrogens is 234 g/mol. The van der Waals surface area contributed by atoms with Gasteiger partial charge < -0.3 is 5.73 Å². The molecule has 1 heterocycles. The summed E-state index contributed by atoms with van der Waals surface area (Å²) in [6.45, 7) is 7.04. The Bertz CT molecular complexity index is 528. The zero-order valence-corrected chi connectivity index (χ0v) is 12.0. The van der Waals surface area contributed by atoms with Crippen molar-refractivity contribution in [1.29, 1.82) is 0 Å². The van der Waals surface area contributed by atoms with E-state index in [0.29, 0.717) is 18.5 Å². The van der Waals surface area contributed by atoms with Gasteiger partial charge in [-0.3, -0.25) is 4.68 Å². The van der Waals surface area contributed by atoms with Gasteiger partial charge in [-0.25, -0.2) is 0 Å². The molecule has 0 amide bonds. The van der Waals surface area contributed by atoms with Crippen molar-refractivity contribution in [3.05, 3.63) is 53.3 Å². The van der Waals surface area contributed by atoms with E-state index in [-0.39, 0.29) is 0 Å². The van der Waals surface area contributed by atoms with Gasteiger partial charge in [0, 0.05) is 18.2 Å². The molecule has 3 heteroatoms. The second-order valence-corrected chi connectivity index (χ2v) is 5.43. The lowest BCUT2D eigenvalue weighted by molar-refractivity contribution is 0.522. The maximum absolute atomic E-state index is 5.93. The Labute approximate surface area is 115 Å². The molecule has 0 aliphatic heterocycles. The van der Waals surface area contributed by atoms with Crippen LogP contribution in [0.5, 0.6) is 0 Å². The SMILES string of the molecule is Cc1cccc(C(CN)Cc2ccn(C(C)C)n2)c1. The summed E-state index contributed by atoms with van der Waals surface area (Å²) in [6, 6.07) is 11.1. The van der Waals surface area contributed by atoms with Gasteiger partial charge in [-0.1, -0.05) is 29.8 Å². The number of nitrogens with zero attached hydrogens (tertiary/aromatic N) is 2. The number of hydrogen-bond acceptors (Lipinski definition) is 2. The van der Waals surface area contributed by atoms with Crippen LogP contribution < -0.4 is 5.73 Å². The van der Waals surface area contributed by atoms with Crippen molar-refractivity contribution in [3.63, 3.8) is 0 Å². The Morgan fingerprint density at radius 2 is 2.05 bits per heavy atom. The normalized spacial score (nSPS) is 12.9. The Morgan fingerprint density at radius 1 is 1.26 bits per heavy atom. The molecule has 0 aliphatic rings. The monoisotopic (exact) mass is 257 g/mol. The molecule has 0 aliphatic carbocycles. The zero-order chi connectivity index (χ0) is 13.8. The van der Waals surface area contributed by atoms with Crippen LogP contribution >= 0.6 is 0 Å². The van der Waals surface area contributed by atoms with E-state index >= 15 is 0 Å². The topological polar surface area (TPSA) is 43.8 Å². The molecule has 19 heavy (non-hydrogen) atoms. The van der Waals surface area contributed by atoms with Crippen molar-refractivity contribution in [2.24, 2.45) is 5.73 Å². The molecule has 0 radical (unpaired) electrons. The third-order valence-electron chi connectivity index (χ3n) is 3.45. The van der Waals surface area contributed by atoms with Gasteiger partial charge in [0.1, 0.15) is 0 Å². The summed E-state index contributed by atoms with van der Waals surface area (Å²) in [7, 11) is 0. The third kappa shape index (κ3) is 3.44. The summed E-state index contributed by atoms with van der Waals surface area (Å²) in [6.07, 6.45) is 2.95. The molecule has 0 bridgehead atoms. The van der Waals surface area contributed by atoms with Gasteiger partial charge in [-0.15, -0.1) is 0 Å². The van der Waals surface area contributed by atoms with Crippen LogP contribution in [0.25, 0.3) is 0 Å². The van der Waals surface area contributed by atoms with Crippen molar-refractivity contribution >= 4 is 0 Å². The fraction of sp³-hybridized carbons (Fsp3) is 0.438. The smallest absolute Gasteiger partial charge is 0.0631 e. The third-order valence-corrected chi connectivity index (χ3v) is 3.45. The zero-order valence-electron chi connectivity index (χ0n) is 12.0. The molecule has 102 valence electrons. The first-order valence-electron chi connectivity index (χ1n) is 6.91. The standard InChI is InChI=1S/C16H23N3/c1-12(2)19-8-7-16(18-19)10-15(11-17)14-6-4-5-13(3)9-14/h4-9,12,15H,10-11,17H2,1-3H3. The average molecular weight is 257 g/mol. The van der Waals surface area contributed by atoms with E-state index in [2.05, 4.69) is 56.2 Å². The van der Waals surface area contributed by atoms with Gasteiger partial charge in [0.2, 0.25) is 0 Å². The Kier molecular flexibility index (Phi) is 4.38. The molecule has 3 nitrogen and oxygen atoms in total. The molecule has 2 N–H and O–H groups in total. The van der Waals surface area contributed by atoms with Crippen molar-refractivity contribution in [2.45, 2.75) is 39.2 Å². The van der Waals surface area contributed by atoms with Crippen LogP contribution in [0.3, 0.4) is 0 Å². The van der Waals surface area contributed by atoms with E-state index in [4.69, 9.17) is 5.73 Å². The Hall–Kier alpha value is -1.61. The number of rotatable bonds is 5. The molecule has 0 saturated heterocycles. The van der Waals surface area contributed by atoms with Crippen LogP contribution in [-0.4, -0.2) is 16.3 Å². The highest BCUT2D eigenvalue weighted by atomic mass is 15.3. The summed E-state index contributed by atoms with van der Waals surface area (Å²) in [5, 5.41) is 4.61. The molecular formula is C16H23N3. The lowest BCUT2D eigenvalue weighted by Gasteiger charge is -2.14. The number of hydrogen-bond donors (Lipinski definition) is 1. The van der Waals surface area contributed by atoms with Crippen LogP contribution in [0.15, 0.2) is 36.5 Å². The molecule has 2 aromatic rings. The highest BCUT2D eigenvalue weighted by Crippen LogP contribution is 2.20. The van der Waals surface area contributed by atoms with Crippen LogP contribution in [0.1, 0.15) is 42.6 Å². The minimum atomic E-state index is 0.343. The summed E-state index contributed by atoms with van der Waals surface area (Å²) < 4.78 is 2.00. The van der Waals surface area contributed by atoms with Gasteiger partial charge in [0.05, 0.1) is 5.69 Å². The van der Waals surface area contributed by atoms with Crippen molar-refractivity contribution in [2.75, 3.05) is 6.54 Å². The number of aromatic nitrogens is 2. The highest BCUT2D eigenvalue weighted by Gasteiger charge is 2.13. The summed E-state index contributed by atoms with van der Waals surface area (Å²) in [4.78, 5) is 0. The van der Waals surface area contributed by atoms with Crippen LogP contribution in [0.2, 0.25) is 0 Å². The molecule has 2 rings (SSSR count). The summed E-state index contributed by atoms with van der Waals surface area (Å²) in [5.41, 5.74) is 9.64. The van der Waals surface area contributed by atoms with E-state index in [9.17, 15) is 0 Å². The van der Waals surface area contributed by atoms with Crippen LogP contribution in [0.4, 0.5) is 0 Å². The fourth-order valence-electron chi connectivity index (χ4n) is 2.29. The second kappa shape index (κ2) is 6.02. The average Bonchev–Trinajstić information content (AvgIpc) is 2.84. The van der Waals surface area contributed by atoms with Gasteiger partial charge in [-0.05, 0) is 45.4 Å². The summed E-state index contributed by atoms with van der Waals surface area (Å²) in [5.74, 6) is 0.343. The molecule has 1 unspecified atom stereocenters. The quantitative estimate of drug-likeness (QED) is 0.894. The molecule has 1 aromatic carbocycles. The van der Waals surface area contributed by atoms with Crippen molar-refractivity contribution in [1.82, 2.24) is 9.78 Å².